The third-order valence-electron chi connectivity index (χ3n) is 5.19. The second-order valence-electron chi connectivity index (χ2n) is 11.8. The van der Waals surface area contributed by atoms with E-state index in [1.165, 1.54) is 16.7 Å². The molecule has 1 aromatic rings. The van der Waals surface area contributed by atoms with E-state index in [0.717, 1.165) is 18.7 Å². The van der Waals surface area contributed by atoms with Crippen molar-refractivity contribution in [3.05, 3.63) is 28.8 Å². The van der Waals surface area contributed by atoms with E-state index in [4.69, 9.17) is 0 Å². The van der Waals surface area contributed by atoms with Crippen LogP contribution in [0.3, 0.4) is 0 Å². The van der Waals surface area contributed by atoms with Gasteiger partial charge in [0.2, 0.25) is 5.91 Å². The Morgan fingerprint density at radius 1 is 0.857 bits per heavy atom. The van der Waals surface area contributed by atoms with Gasteiger partial charge in [-0.05, 0) is 45.3 Å². The molecule has 28 heavy (non-hydrogen) atoms. The second kappa shape index (κ2) is 8.59. The Morgan fingerprint density at radius 3 is 1.57 bits per heavy atom. The fourth-order valence-corrected chi connectivity index (χ4v) is 3.55. The summed E-state index contributed by atoms with van der Waals surface area (Å²) in [4.78, 5) is 15.4. The van der Waals surface area contributed by atoms with E-state index in [1.807, 2.05) is 0 Å². The monoisotopic (exact) mass is 387 g/mol. The normalized spacial score (nSPS) is 13.2. The minimum atomic E-state index is -0.0410. The number of amides is 1. The van der Waals surface area contributed by atoms with Crippen molar-refractivity contribution in [3.8, 4) is 0 Å². The molecule has 0 unspecified atom stereocenters. The summed E-state index contributed by atoms with van der Waals surface area (Å²) in [6.45, 7) is 27.6. The number of carbonyl (C=O) groups excluding carboxylic acids is 1. The Kier molecular flexibility index (Phi) is 7.59. The predicted octanol–water partition coefficient (Wildman–Crippen LogP) is 7.37. The molecule has 0 aromatic heterocycles. The Balaban J connectivity index is 3.93. The molecule has 0 heterocycles. The molecule has 0 atom stereocenters. The molecular formula is C26H45NO. The number of carbonyl (C=O) groups is 1. The van der Waals surface area contributed by atoms with E-state index in [2.05, 4.69) is 100 Å². The Hall–Kier alpha value is -1.31. The van der Waals surface area contributed by atoms with Crippen molar-refractivity contribution in [3.63, 3.8) is 0 Å². The van der Waals surface area contributed by atoms with Gasteiger partial charge in [0.05, 0.1) is 5.69 Å². The van der Waals surface area contributed by atoms with Crippen molar-refractivity contribution >= 4 is 11.6 Å². The number of nitrogens with zero attached hydrogens (tertiary/aromatic N) is 1. The summed E-state index contributed by atoms with van der Waals surface area (Å²) < 4.78 is 0. The minimum Gasteiger partial charge on any atom is -0.312 e. The van der Waals surface area contributed by atoms with E-state index < -0.39 is 0 Å². The van der Waals surface area contributed by atoms with E-state index in [9.17, 15) is 4.79 Å². The van der Waals surface area contributed by atoms with Crippen LogP contribution < -0.4 is 4.90 Å². The molecule has 1 amide bonds. The molecule has 0 N–H and O–H groups in total. The lowest BCUT2D eigenvalue weighted by atomic mass is 9.73. The Labute approximate surface area is 175 Å². The lowest BCUT2D eigenvalue weighted by molar-refractivity contribution is -0.119. The zero-order valence-corrected chi connectivity index (χ0v) is 20.7. The number of hydrogen-bond acceptors (Lipinski definition) is 1. The van der Waals surface area contributed by atoms with Gasteiger partial charge in [0.1, 0.15) is 0 Å². The van der Waals surface area contributed by atoms with Gasteiger partial charge in [-0.1, -0.05) is 95.2 Å². The molecule has 0 aliphatic heterocycles. The van der Waals surface area contributed by atoms with Gasteiger partial charge >= 0.3 is 0 Å². The van der Waals surface area contributed by atoms with Crippen LogP contribution in [0.5, 0.6) is 0 Å². The first-order valence-corrected chi connectivity index (χ1v) is 11.0. The van der Waals surface area contributed by atoms with Crippen LogP contribution in [0, 0.1) is 5.92 Å². The van der Waals surface area contributed by atoms with Crippen molar-refractivity contribution in [1.29, 1.82) is 0 Å². The third-order valence-corrected chi connectivity index (χ3v) is 5.19. The van der Waals surface area contributed by atoms with Crippen LogP contribution in [-0.2, 0) is 21.0 Å². The number of anilines is 1. The maximum atomic E-state index is 13.3. The fraction of sp³-hybridized carbons (Fsp3) is 0.731. The molecule has 0 bridgehead atoms. The molecule has 0 spiro atoms. The maximum absolute atomic E-state index is 13.3. The lowest BCUT2D eigenvalue weighted by Crippen LogP contribution is -2.37. The van der Waals surface area contributed by atoms with Crippen molar-refractivity contribution in [1.82, 2.24) is 0 Å². The summed E-state index contributed by atoms with van der Waals surface area (Å²) in [5.74, 6) is 0.605. The molecule has 0 saturated heterocycles. The topological polar surface area (TPSA) is 20.3 Å². The van der Waals surface area contributed by atoms with Gasteiger partial charge in [0.15, 0.2) is 0 Å². The molecule has 2 nitrogen and oxygen atoms in total. The van der Waals surface area contributed by atoms with Gasteiger partial charge < -0.3 is 4.90 Å². The van der Waals surface area contributed by atoms with Gasteiger partial charge in [-0.3, -0.25) is 4.79 Å². The summed E-state index contributed by atoms with van der Waals surface area (Å²) in [5.41, 5.74) is 5.06. The molecule has 0 aliphatic carbocycles. The SMILES string of the molecule is CCCN(C(=O)CC(C)C)c1c(C(C)(C)C)cc(C(C)(C)C)cc1C(C)(C)C. The highest BCUT2D eigenvalue weighted by atomic mass is 16.2. The first-order chi connectivity index (χ1) is 12.5. The van der Waals surface area contributed by atoms with Gasteiger partial charge in [-0.25, -0.2) is 0 Å². The smallest absolute Gasteiger partial charge is 0.227 e. The molecule has 0 aliphatic rings. The van der Waals surface area contributed by atoms with Crippen molar-refractivity contribution in [2.75, 3.05) is 11.4 Å². The summed E-state index contributed by atoms with van der Waals surface area (Å²) >= 11 is 0. The van der Waals surface area contributed by atoms with E-state index in [1.54, 1.807) is 0 Å². The first kappa shape index (κ1) is 24.7. The summed E-state index contributed by atoms with van der Waals surface area (Å²) in [5, 5.41) is 0. The zero-order valence-electron chi connectivity index (χ0n) is 20.7. The first-order valence-electron chi connectivity index (χ1n) is 11.0. The summed E-state index contributed by atoms with van der Waals surface area (Å²) in [7, 11) is 0. The van der Waals surface area contributed by atoms with Crippen LogP contribution in [0.1, 0.15) is 113 Å². The van der Waals surface area contributed by atoms with Crippen LogP contribution in [0.2, 0.25) is 0 Å². The number of rotatable bonds is 5. The third kappa shape index (κ3) is 6.09. The highest BCUT2D eigenvalue weighted by molar-refractivity contribution is 5.95. The summed E-state index contributed by atoms with van der Waals surface area (Å²) in [6.07, 6.45) is 1.55. The molecule has 1 aromatic carbocycles. The standard InChI is InChI=1S/C26H45NO/c1-13-14-27(22(28)15-18(2)3)23-20(25(7,8)9)16-19(24(4,5)6)17-21(23)26(10,11)12/h16-18H,13-15H2,1-12H3. The molecule has 0 saturated carbocycles. The average Bonchev–Trinajstić information content (AvgIpc) is 2.47. The van der Waals surface area contributed by atoms with Crippen molar-refractivity contribution in [2.45, 2.75) is 112 Å². The van der Waals surface area contributed by atoms with Gasteiger partial charge in [0.25, 0.3) is 0 Å². The largest absolute Gasteiger partial charge is 0.312 e. The minimum absolute atomic E-state index is 0.0410. The second-order valence-corrected chi connectivity index (χ2v) is 11.8. The van der Waals surface area contributed by atoms with Crippen molar-refractivity contribution < 1.29 is 4.79 Å². The van der Waals surface area contributed by atoms with Crippen molar-refractivity contribution in [2.24, 2.45) is 5.92 Å². The zero-order chi connectivity index (χ0) is 22.1. The van der Waals surface area contributed by atoms with E-state index >= 15 is 0 Å². The lowest BCUT2D eigenvalue weighted by Gasteiger charge is -2.38. The molecule has 160 valence electrons. The van der Waals surface area contributed by atoms with Crippen LogP contribution >= 0.6 is 0 Å². The summed E-state index contributed by atoms with van der Waals surface area (Å²) in [6, 6.07) is 4.71. The Morgan fingerprint density at radius 2 is 1.29 bits per heavy atom. The Bertz CT molecular complexity index is 643. The quantitative estimate of drug-likeness (QED) is 0.516. The number of benzene rings is 1. The van der Waals surface area contributed by atoms with Gasteiger partial charge in [0, 0.05) is 13.0 Å². The average molecular weight is 388 g/mol. The van der Waals surface area contributed by atoms with Crippen LogP contribution in [0.15, 0.2) is 12.1 Å². The number of hydrogen-bond donors (Lipinski definition) is 0. The molecule has 1 rings (SSSR count). The van der Waals surface area contributed by atoms with Gasteiger partial charge in [-0.2, -0.15) is 0 Å². The van der Waals surface area contributed by atoms with Crippen LogP contribution in [-0.4, -0.2) is 12.5 Å². The molecule has 0 radical (unpaired) electrons. The maximum Gasteiger partial charge on any atom is 0.227 e. The highest BCUT2D eigenvalue weighted by Gasteiger charge is 2.33. The van der Waals surface area contributed by atoms with Gasteiger partial charge in [-0.15, -0.1) is 0 Å². The predicted molar refractivity (Wildman–Crippen MR) is 125 cm³/mol. The fourth-order valence-electron chi connectivity index (χ4n) is 3.55. The van der Waals surface area contributed by atoms with Crippen LogP contribution in [0.4, 0.5) is 5.69 Å². The molecule has 2 heteroatoms. The molecular weight excluding hydrogens is 342 g/mol. The molecule has 0 fully saturated rings. The van der Waals surface area contributed by atoms with E-state index in [0.29, 0.717) is 12.3 Å². The van der Waals surface area contributed by atoms with E-state index in [-0.39, 0.29) is 22.2 Å². The van der Waals surface area contributed by atoms with Crippen LogP contribution in [0.25, 0.3) is 0 Å². The highest BCUT2D eigenvalue weighted by Crippen LogP contribution is 2.43.